The number of rotatable bonds is 2. The van der Waals surface area contributed by atoms with E-state index in [0.717, 1.165) is 4.57 Å². The van der Waals surface area contributed by atoms with Crippen LogP contribution in [0.15, 0.2) is 15.8 Å². The summed E-state index contributed by atoms with van der Waals surface area (Å²) in [6, 6.07) is 0. The van der Waals surface area contributed by atoms with Crippen molar-refractivity contribution in [3.8, 4) is 0 Å². The first-order valence-corrected chi connectivity index (χ1v) is 5.70. The lowest BCUT2D eigenvalue weighted by Crippen LogP contribution is -2.34. The van der Waals surface area contributed by atoms with Crippen molar-refractivity contribution in [3.63, 3.8) is 0 Å². The van der Waals surface area contributed by atoms with Gasteiger partial charge in [0.05, 0.1) is 6.10 Å². The van der Waals surface area contributed by atoms with Crippen LogP contribution in [0.25, 0.3) is 0 Å². The number of halogens is 1. The molecule has 1 aliphatic heterocycles. The number of aliphatic hydroxyl groups excluding tert-OH is 1. The predicted molar refractivity (Wildman–Crippen MR) is 61.2 cm³/mol. The van der Waals surface area contributed by atoms with Gasteiger partial charge in [-0.15, -0.1) is 0 Å². The third-order valence-corrected chi connectivity index (χ3v) is 3.03. The predicted octanol–water partition coefficient (Wildman–Crippen LogP) is -0.149. The monoisotopic (exact) mass is 258 g/mol. The van der Waals surface area contributed by atoms with Crippen LogP contribution in [0.4, 0.5) is 4.39 Å². The fourth-order valence-corrected chi connectivity index (χ4v) is 2.04. The molecule has 2 N–H and O–H groups in total. The van der Waals surface area contributed by atoms with Gasteiger partial charge in [-0.2, -0.15) is 0 Å². The molecule has 0 unspecified atom stereocenters. The van der Waals surface area contributed by atoms with Crippen molar-refractivity contribution >= 4 is 0 Å². The summed E-state index contributed by atoms with van der Waals surface area (Å²) in [5, 5.41) is 9.35. The molecule has 18 heavy (non-hydrogen) atoms. The molecule has 0 radical (unpaired) electrons. The Morgan fingerprint density at radius 2 is 2.28 bits per heavy atom. The van der Waals surface area contributed by atoms with Gasteiger partial charge in [-0.3, -0.25) is 14.3 Å². The van der Waals surface area contributed by atoms with Crippen LogP contribution in [-0.4, -0.2) is 33.0 Å². The van der Waals surface area contributed by atoms with Gasteiger partial charge in [0.15, 0.2) is 0 Å². The number of nitrogens with zero attached hydrogens (tertiary/aromatic N) is 1. The van der Waals surface area contributed by atoms with Crippen LogP contribution in [0.5, 0.6) is 0 Å². The molecule has 1 saturated heterocycles. The highest BCUT2D eigenvalue weighted by Gasteiger charge is 2.39. The lowest BCUT2D eigenvalue weighted by molar-refractivity contribution is -0.0668. The van der Waals surface area contributed by atoms with Crippen LogP contribution in [0.3, 0.4) is 0 Å². The Bertz CT molecular complexity index is 551. The summed E-state index contributed by atoms with van der Waals surface area (Å²) in [5.74, 6) is 0. The Morgan fingerprint density at radius 3 is 2.83 bits per heavy atom. The van der Waals surface area contributed by atoms with E-state index in [9.17, 15) is 19.1 Å². The van der Waals surface area contributed by atoms with Crippen LogP contribution in [0.2, 0.25) is 0 Å². The van der Waals surface area contributed by atoms with Gasteiger partial charge in [-0.05, 0) is 13.8 Å². The molecule has 0 bridgehead atoms. The smallest absolute Gasteiger partial charge is 0.330 e. The Balaban J connectivity index is 2.32. The van der Waals surface area contributed by atoms with Gasteiger partial charge in [-0.25, -0.2) is 9.18 Å². The number of aromatic amines is 1. The normalized spacial score (nSPS) is 29.4. The van der Waals surface area contributed by atoms with Crippen molar-refractivity contribution in [1.29, 1.82) is 0 Å². The van der Waals surface area contributed by atoms with Gasteiger partial charge in [0, 0.05) is 18.2 Å². The number of H-pyrrole nitrogens is 1. The van der Waals surface area contributed by atoms with Gasteiger partial charge in [0.25, 0.3) is 5.56 Å². The number of ether oxygens (including phenoxy) is 1. The Labute approximate surface area is 102 Å². The molecule has 2 rings (SSSR count). The van der Waals surface area contributed by atoms with E-state index in [4.69, 9.17) is 4.74 Å². The van der Waals surface area contributed by atoms with Crippen molar-refractivity contribution in [2.45, 2.75) is 44.9 Å². The first-order chi connectivity index (χ1) is 8.40. The minimum atomic E-state index is -1.34. The quantitative estimate of drug-likeness (QED) is 0.772. The number of alkyl halides is 1. The fourth-order valence-electron chi connectivity index (χ4n) is 2.04. The zero-order valence-corrected chi connectivity index (χ0v) is 10.1. The van der Waals surface area contributed by atoms with Crippen LogP contribution in [0.1, 0.15) is 25.1 Å². The molecule has 0 aromatic carbocycles. The molecule has 0 amide bonds. The van der Waals surface area contributed by atoms with E-state index in [1.165, 1.54) is 13.1 Å². The van der Waals surface area contributed by atoms with Crippen LogP contribution in [0, 0.1) is 6.92 Å². The molecule has 1 aromatic heterocycles. The van der Waals surface area contributed by atoms with Crippen LogP contribution < -0.4 is 11.2 Å². The Morgan fingerprint density at radius 1 is 1.61 bits per heavy atom. The maximum Gasteiger partial charge on any atom is 0.330 e. The summed E-state index contributed by atoms with van der Waals surface area (Å²) in [6.45, 7) is 2.98. The molecule has 1 fully saturated rings. The molecule has 0 saturated carbocycles. The van der Waals surface area contributed by atoms with Gasteiger partial charge in [0.2, 0.25) is 0 Å². The zero-order chi connectivity index (χ0) is 13.4. The number of aliphatic hydroxyl groups is 1. The van der Waals surface area contributed by atoms with Crippen LogP contribution in [-0.2, 0) is 4.74 Å². The Hall–Kier alpha value is -1.47. The number of hydrogen-bond acceptors (Lipinski definition) is 4. The van der Waals surface area contributed by atoms with E-state index in [1.807, 2.05) is 0 Å². The number of aromatic nitrogens is 2. The van der Waals surface area contributed by atoms with Gasteiger partial charge >= 0.3 is 5.69 Å². The minimum absolute atomic E-state index is 0.0268. The highest BCUT2D eigenvalue weighted by Crippen LogP contribution is 2.31. The van der Waals surface area contributed by atoms with E-state index in [2.05, 4.69) is 4.98 Å². The second kappa shape index (κ2) is 4.66. The number of nitrogens with one attached hydrogen (secondary N) is 1. The molecule has 6 nitrogen and oxygen atoms in total. The Kier molecular flexibility index (Phi) is 3.36. The maximum atomic E-state index is 13.6. The van der Waals surface area contributed by atoms with Gasteiger partial charge in [0.1, 0.15) is 18.5 Å². The fraction of sp³-hybridized carbons (Fsp3) is 0.636. The largest absolute Gasteiger partial charge is 0.391 e. The third kappa shape index (κ3) is 2.23. The molecule has 0 spiro atoms. The molecule has 0 aliphatic carbocycles. The lowest BCUT2D eigenvalue weighted by atomic mass is 10.1. The van der Waals surface area contributed by atoms with E-state index in [0.29, 0.717) is 5.56 Å². The third-order valence-electron chi connectivity index (χ3n) is 3.03. The SMILES string of the molecule is Cc1cn([C@H]2C[C@H](F)[C@@H]([C@H](C)O)O2)c(=O)[nH]c1=O. The number of aryl methyl sites for hydroxylation is 1. The molecule has 1 aliphatic rings. The van der Waals surface area contributed by atoms with Gasteiger partial charge in [-0.1, -0.05) is 0 Å². The summed E-state index contributed by atoms with van der Waals surface area (Å²) in [6.07, 6.45) is -2.74. The van der Waals surface area contributed by atoms with Crippen molar-refractivity contribution in [2.75, 3.05) is 0 Å². The van der Waals surface area contributed by atoms with E-state index in [1.54, 1.807) is 6.92 Å². The van der Waals surface area contributed by atoms with Crippen molar-refractivity contribution in [3.05, 3.63) is 32.6 Å². The second-order valence-corrected chi connectivity index (χ2v) is 4.53. The summed E-state index contributed by atoms with van der Waals surface area (Å²) >= 11 is 0. The lowest BCUT2D eigenvalue weighted by Gasteiger charge is -2.17. The highest BCUT2D eigenvalue weighted by molar-refractivity contribution is 5.02. The number of hydrogen-bond donors (Lipinski definition) is 2. The molecule has 7 heteroatoms. The van der Waals surface area contributed by atoms with Crippen molar-refractivity contribution in [1.82, 2.24) is 9.55 Å². The molecule has 100 valence electrons. The average molecular weight is 258 g/mol. The first kappa shape index (κ1) is 13.0. The van der Waals surface area contributed by atoms with Gasteiger partial charge < -0.3 is 9.84 Å². The van der Waals surface area contributed by atoms with Crippen molar-refractivity contribution in [2.24, 2.45) is 0 Å². The summed E-state index contributed by atoms with van der Waals surface area (Å²) in [7, 11) is 0. The average Bonchev–Trinajstić information content (AvgIpc) is 2.65. The van der Waals surface area contributed by atoms with E-state index < -0.39 is 35.9 Å². The topological polar surface area (TPSA) is 84.3 Å². The zero-order valence-electron chi connectivity index (χ0n) is 10.1. The highest BCUT2D eigenvalue weighted by atomic mass is 19.1. The first-order valence-electron chi connectivity index (χ1n) is 5.70. The summed E-state index contributed by atoms with van der Waals surface area (Å²) in [4.78, 5) is 25.0. The summed E-state index contributed by atoms with van der Waals surface area (Å²) in [5.41, 5.74) is -0.777. The van der Waals surface area contributed by atoms with Crippen LogP contribution >= 0.6 is 0 Å². The molecule has 4 atom stereocenters. The molecular weight excluding hydrogens is 243 g/mol. The minimum Gasteiger partial charge on any atom is -0.391 e. The molecule has 1 aromatic rings. The van der Waals surface area contributed by atoms with E-state index in [-0.39, 0.29) is 6.42 Å². The van der Waals surface area contributed by atoms with Crippen molar-refractivity contribution < 1.29 is 14.2 Å². The second-order valence-electron chi connectivity index (χ2n) is 4.53. The molecular formula is C11H15FN2O4. The van der Waals surface area contributed by atoms with E-state index >= 15 is 0 Å². The summed E-state index contributed by atoms with van der Waals surface area (Å²) < 4.78 is 20.1. The maximum absolute atomic E-state index is 13.6. The molecule has 2 heterocycles. The standard InChI is InChI=1S/C11H15FN2O4/c1-5-4-14(11(17)13-10(5)16)8-3-7(12)9(18-8)6(2)15/h4,6-9,15H,3H2,1-2H3,(H,13,16,17)/t6-,7-,8+,9+/m0/s1.